The van der Waals surface area contributed by atoms with Crippen molar-refractivity contribution in [1.82, 2.24) is 9.80 Å². The van der Waals surface area contributed by atoms with Gasteiger partial charge in [0.05, 0.1) is 12.7 Å². The predicted molar refractivity (Wildman–Crippen MR) is 112 cm³/mol. The van der Waals surface area contributed by atoms with Gasteiger partial charge < -0.3 is 9.64 Å². The van der Waals surface area contributed by atoms with E-state index in [0.717, 1.165) is 49.1 Å². The Morgan fingerprint density at radius 1 is 1.03 bits per heavy atom. The SMILES string of the molecule is COc1ccc(CCN2C(=O)C3(CCCC3)N(C)C2c2ccc(C(F)(F)F)cc2)cc1. The van der Waals surface area contributed by atoms with Crippen molar-refractivity contribution in [2.75, 3.05) is 20.7 Å². The summed E-state index contributed by atoms with van der Waals surface area (Å²) in [6.07, 6.45) is -0.527. The maximum Gasteiger partial charge on any atom is 0.416 e. The highest BCUT2D eigenvalue weighted by molar-refractivity contribution is 5.89. The van der Waals surface area contributed by atoms with Crippen LogP contribution in [0.25, 0.3) is 0 Å². The molecular formula is C24H27F3N2O2. The van der Waals surface area contributed by atoms with Crippen LogP contribution in [0.4, 0.5) is 13.2 Å². The molecule has 1 saturated heterocycles. The Labute approximate surface area is 180 Å². The first-order valence-corrected chi connectivity index (χ1v) is 10.6. The molecule has 4 rings (SSSR count). The second-order valence-electron chi connectivity index (χ2n) is 8.44. The molecule has 0 aromatic heterocycles. The lowest BCUT2D eigenvalue weighted by atomic mass is 9.96. The lowest BCUT2D eigenvalue weighted by Crippen LogP contribution is -2.45. The second-order valence-corrected chi connectivity index (χ2v) is 8.44. The number of hydrogen-bond donors (Lipinski definition) is 0. The van der Waals surface area contributed by atoms with E-state index in [1.807, 2.05) is 36.2 Å². The third-order valence-electron chi connectivity index (χ3n) is 6.76. The fourth-order valence-corrected chi connectivity index (χ4v) is 5.01. The molecule has 4 nitrogen and oxygen atoms in total. The van der Waals surface area contributed by atoms with Crippen LogP contribution in [0.5, 0.6) is 5.75 Å². The van der Waals surface area contributed by atoms with E-state index in [1.54, 1.807) is 7.11 Å². The van der Waals surface area contributed by atoms with Gasteiger partial charge in [-0.2, -0.15) is 13.2 Å². The van der Waals surface area contributed by atoms with E-state index in [1.165, 1.54) is 12.1 Å². The summed E-state index contributed by atoms with van der Waals surface area (Å²) in [7, 11) is 3.54. The Hall–Kier alpha value is -2.54. The third-order valence-corrected chi connectivity index (χ3v) is 6.76. The zero-order valence-electron chi connectivity index (χ0n) is 17.8. The highest BCUT2D eigenvalue weighted by atomic mass is 19.4. The lowest BCUT2D eigenvalue weighted by Gasteiger charge is -2.32. The van der Waals surface area contributed by atoms with Crippen LogP contribution >= 0.6 is 0 Å². The van der Waals surface area contributed by atoms with Gasteiger partial charge in [-0.3, -0.25) is 9.69 Å². The van der Waals surface area contributed by atoms with Gasteiger partial charge in [-0.1, -0.05) is 37.1 Å². The number of benzene rings is 2. The summed E-state index contributed by atoms with van der Waals surface area (Å²) in [4.78, 5) is 17.5. The number of methoxy groups -OCH3 is 1. The quantitative estimate of drug-likeness (QED) is 0.664. The summed E-state index contributed by atoms with van der Waals surface area (Å²) in [5, 5.41) is 0. The zero-order chi connectivity index (χ0) is 22.2. The Morgan fingerprint density at radius 2 is 1.65 bits per heavy atom. The first kappa shape index (κ1) is 21.7. The van der Waals surface area contributed by atoms with Crippen LogP contribution in [0.1, 0.15) is 48.5 Å². The van der Waals surface area contributed by atoms with Crippen LogP contribution in [0.2, 0.25) is 0 Å². The summed E-state index contributed by atoms with van der Waals surface area (Å²) in [6.45, 7) is 0.503. The van der Waals surface area contributed by atoms with Crippen molar-refractivity contribution in [1.29, 1.82) is 0 Å². The molecule has 2 aliphatic rings. The first-order chi connectivity index (χ1) is 14.8. The van der Waals surface area contributed by atoms with E-state index in [9.17, 15) is 18.0 Å². The number of carbonyl (C=O) groups excluding carboxylic acids is 1. The van der Waals surface area contributed by atoms with Crippen molar-refractivity contribution in [3.63, 3.8) is 0 Å². The Bertz CT molecular complexity index is 919. The minimum Gasteiger partial charge on any atom is -0.497 e. The first-order valence-electron chi connectivity index (χ1n) is 10.6. The molecule has 7 heteroatoms. The standard InChI is InChI=1S/C24H27F3N2O2/c1-28-21(18-7-9-19(10-8-18)24(25,26)27)29(22(30)23(28)14-3-4-15-23)16-13-17-5-11-20(31-2)12-6-17/h5-12,21H,3-4,13-16H2,1-2H3. The minimum absolute atomic E-state index is 0.0888. The molecule has 2 aromatic carbocycles. The van der Waals surface area contributed by atoms with Crippen LogP contribution in [-0.2, 0) is 17.4 Å². The molecule has 166 valence electrons. The molecule has 2 aromatic rings. The molecular weight excluding hydrogens is 405 g/mol. The van der Waals surface area contributed by atoms with Crippen LogP contribution in [0.3, 0.4) is 0 Å². The van der Waals surface area contributed by atoms with Gasteiger partial charge in [0.25, 0.3) is 0 Å². The van der Waals surface area contributed by atoms with Crippen molar-refractivity contribution in [3.05, 3.63) is 65.2 Å². The normalized spacial score (nSPS) is 21.3. The number of nitrogens with zero attached hydrogens (tertiary/aromatic N) is 2. The van der Waals surface area contributed by atoms with Crippen LogP contribution in [-0.4, -0.2) is 41.9 Å². The fourth-order valence-electron chi connectivity index (χ4n) is 5.01. The van der Waals surface area contributed by atoms with Gasteiger partial charge in [-0.15, -0.1) is 0 Å². The molecule has 2 fully saturated rings. The van der Waals surface area contributed by atoms with Crippen molar-refractivity contribution in [2.45, 2.75) is 50.0 Å². The molecule has 31 heavy (non-hydrogen) atoms. The van der Waals surface area contributed by atoms with E-state index < -0.39 is 17.3 Å². The number of hydrogen-bond acceptors (Lipinski definition) is 3. The topological polar surface area (TPSA) is 32.8 Å². The van der Waals surface area contributed by atoms with Crippen molar-refractivity contribution >= 4 is 5.91 Å². The van der Waals surface area contributed by atoms with Gasteiger partial charge in [-0.05, 0) is 61.7 Å². The van der Waals surface area contributed by atoms with Gasteiger partial charge in [-0.25, -0.2) is 0 Å². The van der Waals surface area contributed by atoms with Gasteiger partial charge in [0.15, 0.2) is 0 Å². The molecule has 1 aliphatic carbocycles. The average molecular weight is 432 g/mol. The number of likely N-dealkylation sites (N-methyl/N-ethyl adjacent to an activating group) is 1. The van der Waals surface area contributed by atoms with Gasteiger partial charge in [0.2, 0.25) is 5.91 Å². The molecule has 0 N–H and O–H groups in total. The Balaban J connectivity index is 1.62. The van der Waals surface area contributed by atoms with Crippen LogP contribution < -0.4 is 4.74 Å². The lowest BCUT2D eigenvalue weighted by molar-refractivity contribution is -0.137. The van der Waals surface area contributed by atoms with Gasteiger partial charge >= 0.3 is 6.18 Å². The van der Waals surface area contributed by atoms with E-state index in [0.29, 0.717) is 18.5 Å². The Kier molecular flexibility index (Phi) is 5.73. The minimum atomic E-state index is -4.38. The number of carbonyl (C=O) groups is 1. The highest BCUT2D eigenvalue weighted by Gasteiger charge is 2.56. The zero-order valence-corrected chi connectivity index (χ0v) is 17.8. The average Bonchev–Trinajstić information content (AvgIpc) is 3.33. The fraction of sp³-hybridized carbons (Fsp3) is 0.458. The number of amides is 1. The molecule has 1 aliphatic heterocycles. The molecule has 1 amide bonds. The summed E-state index contributed by atoms with van der Waals surface area (Å²) in [5.41, 5.74) is 0.563. The van der Waals surface area contributed by atoms with E-state index in [4.69, 9.17) is 4.74 Å². The smallest absolute Gasteiger partial charge is 0.416 e. The molecule has 0 bridgehead atoms. The van der Waals surface area contributed by atoms with Crippen molar-refractivity contribution in [2.24, 2.45) is 0 Å². The van der Waals surface area contributed by atoms with E-state index >= 15 is 0 Å². The highest BCUT2D eigenvalue weighted by Crippen LogP contribution is 2.47. The predicted octanol–water partition coefficient (Wildman–Crippen LogP) is 5.04. The van der Waals surface area contributed by atoms with Crippen LogP contribution in [0, 0.1) is 0 Å². The molecule has 0 radical (unpaired) electrons. The molecule has 1 saturated carbocycles. The van der Waals surface area contributed by atoms with E-state index in [2.05, 4.69) is 4.90 Å². The van der Waals surface area contributed by atoms with E-state index in [-0.39, 0.29) is 12.1 Å². The number of ether oxygens (including phenoxy) is 1. The molecule has 1 spiro atoms. The molecule has 1 heterocycles. The monoisotopic (exact) mass is 432 g/mol. The number of alkyl halides is 3. The molecule has 1 unspecified atom stereocenters. The van der Waals surface area contributed by atoms with Gasteiger partial charge in [0.1, 0.15) is 17.5 Å². The van der Waals surface area contributed by atoms with Crippen molar-refractivity contribution < 1.29 is 22.7 Å². The summed E-state index contributed by atoms with van der Waals surface area (Å²) in [6, 6.07) is 12.9. The number of rotatable bonds is 5. The summed E-state index contributed by atoms with van der Waals surface area (Å²) >= 11 is 0. The summed E-state index contributed by atoms with van der Waals surface area (Å²) in [5.74, 6) is 0.860. The van der Waals surface area contributed by atoms with Crippen LogP contribution in [0.15, 0.2) is 48.5 Å². The van der Waals surface area contributed by atoms with Crippen molar-refractivity contribution in [3.8, 4) is 5.75 Å². The maximum atomic E-state index is 13.6. The Morgan fingerprint density at radius 3 is 2.19 bits per heavy atom. The molecule has 1 atom stereocenters. The maximum absolute atomic E-state index is 13.6. The largest absolute Gasteiger partial charge is 0.497 e. The third kappa shape index (κ3) is 3.91. The number of halogens is 3. The summed E-state index contributed by atoms with van der Waals surface area (Å²) < 4.78 is 44.3. The second kappa shape index (κ2) is 8.19. The van der Waals surface area contributed by atoms with Gasteiger partial charge in [0, 0.05) is 6.54 Å².